The van der Waals surface area contributed by atoms with Gasteiger partial charge in [0.05, 0.1) is 7.11 Å². The molecule has 29 heavy (non-hydrogen) atoms. The van der Waals surface area contributed by atoms with Crippen molar-refractivity contribution in [2.24, 2.45) is 0 Å². The summed E-state index contributed by atoms with van der Waals surface area (Å²) in [5.41, 5.74) is 0.833. The Balaban J connectivity index is 1.43. The van der Waals surface area contributed by atoms with E-state index in [0.717, 1.165) is 17.9 Å². The lowest BCUT2D eigenvalue weighted by molar-refractivity contribution is -0.131. The van der Waals surface area contributed by atoms with Gasteiger partial charge in [-0.3, -0.25) is 9.48 Å². The van der Waals surface area contributed by atoms with Crippen LogP contribution in [0.2, 0.25) is 0 Å². The third kappa shape index (κ3) is 4.53. The molecule has 0 unspecified atom stereocenters. The van der Waals surface area contributed by atoms with E-state index in [1.807, 2.05) is 48.2 Å². The van der Waals surface area contributed by atoms with Crippen LogP contribution < -0.4 is 9.47 Å². The molecule has 1 amide bonds. The molecular formula is C21H23N5O3. The summed E-state index contributed by atoms with van der Waals surface area (Å²) >= 11 is 0. The molecule has 3 aromatic rings. The van der Waals surface area contributed by atoms with E-state index >= 15 is 0 Å². The van der Waals surface area contributed by atoms with Gasteiger partial charge in [-0.1, -0.05) is 0 Å². The van der Waals surface area contributed by atoms with Crippen LogP contribution in [0.5, 0.6) is 17.4 Å². The van der Waals surface area contributed by atoms with Crippen molar-refractivity contribution in [3.05, 3.63) is 60.3 Å². The third-order valence-corrected chi connectivity index (χ3v) is 4.89. The number of amides is 1. The lowest BCUT2D eigenvalue weighted by Crippen LogP contribution is -2.32. The molecule has 150 valence electrons. The number of nitrogens with zero attached hydrogens (tertiary/aromatic N) is 5. The predicted octanol–water partition coefficient (Wildman–Crippen LogP) is 2.80. The smallest absolute Gasteiger partial charge is 0.244 e. The molecule has 8 nitrogen and oxygen atoms in total. The highest BCUT2D eigenvalue weighted by molar-refractivity contribution is 5.76. The van der Waals surface area contributed by atoms with Gasteiger partial charge in [0.15, 0.2) is 0 Å². The van der Waals surface area contributed by atoms with Crippen molar-refractivity contribution in [1.29, 1.82) is 0 Å². The van der Waals surface area contributed by atoms with Crippen LogP contribution >= 0.6 is 0 Å². The fraction of sp³-hybridized carbons (Fsp3) is 0.333. The highest BCUT2D eigenvalue weighted by Crippen LogP contribution is 2.28. The first-order valence-electron chi connectivity index (χ1n) is 9.53. The van der Waals surface area contributed by atoms with Gasteiger partial charge in [-0.15, -0.1) is 0 Å². The zero-order valence-corrected chi connectivity index (χ0v) is 16.5. The van der Waals surface area contributed by atoms with Gasteiger partial charge in [-0.2, -0.15) is 10.1 Å². The van der Waals surface area contributed by atoms with E-state index in [2.05, 4.69) is 15.1 Å². The van der Waals surface area contributed by atoms with Crippen molar-refractivity contribution in [3.63, 3.8) is 0 Å². The zero-order valence-electron chi connectivity index (χ0n) is 16.5. The molecule has 0 radical (unpaired) electrons. The Morgan fingerprint density at radius 3 is 2.72 bits per heavy atom. The normalized spacial score (nSPS) is 16.1. The van der Waals surface area contributed by atoms with Crippen LogP contribution in [-0.2, 0) is 11.3 Å². The number of ether oxygens (including phenoxy) is 2. The Bertz CT molecular complexity index is 972. The molecule has 1 atom stereocenters. The molecule has 0 N–H and O–H groups in total. The summed E-state index contributed by atoms with van der Waals surface area (Å²) in [6, 6.07) is 11.0. The fourth-order valence-electron chi connectivity index (χ4n) is 3.39. The largest absolute Gasteiger partial charge is 0.497 e. The Labute approximate surface area is 169 Å². The zero-order chi connectivity index (χ0) is 20.2. The van der Waals surface area contributed by atoms with Crippen molar-refractivity contribution in [3.8, 4) is 17.4 Å². The topological polar surface area (TPSA) is 82.4 Å². The number of carbonyl (C=O) groups is 1. The van der Waals surface area contributed by atoms with Crippen LogP contribution in [0, 0.1) is 6.92 Å². The quantitative estimate of drug-likeness (QED) is 0.640. The summed E-state index contributed by atoms with van der Waals surface area (Å²) in [7, 11) is 1.63. The Morgan fingerprint density at radius 1 is 1.21 bits per heavy atom. The number of carbonyl (C=O) groups excluding carboxylic acids is 1. The lowest BCUT2D eigenvalue weighted by Gasteiger charge is -2.16. The first kappa shape index (κ1) is 18.9. The number of methoxy groups -OCH3 is 1. The Kier molecular flexibility index (Phi) is 5.41. The first-order chi connectivity index (χ1) is 14.1. The second-order valence-corrected chi connectivity index (χ2v) is 7.01. The van der Waals surface area contributed by atoms with Gasteiger partial charge >= 0.3 is 0 Å². The second kappa shape index (κ2) is 8.30. The molecule has 1 aliphatic heterocycles. The second-order valence-electron chi connectivity index (χ2n) is 7.01. The highest BCUT2D eigenvalue weighted by atomic mass is 16.5. The number of benzene rings is 1. The van der Waals surface area contributed by atoms with Gasteiger partial charge in [-0.25, -0.2) is 4.98 Å². The molecule has 1 aliphatic rings. The molecule has 0 saturated carbocycles. The monoisotopic (exact) mass is 393 g/mol. The molecule has 1 fully saturated rings. The molecule has 2 aromatic heterocycles. The van der Waals surface area contributed by atoms with Gasteiger partial charge in [0.1, 0.15) is 23.9 Å². The number of aromatic nitrogens is 4. The fourth-order valence-corrected chi connectivity index (χ4v) is 3.39. The molecule has 1 saturated heterocycles. The van der Waals surface area contributed by atoms with Crippen LogP contribution in [0.3, 0.4) is 0 Å². The summed E-state index contributed by atoms with van der Waals surface area (Å²) in [4.78, 5) is 23.5. The van der Waals surface area contributed by atoms with E-state index in [9.17, 15) is 4.79 Å². The van der Waals surface area contributed by atoms with Gasteiger partial charge in [0.2, 0.25) is 11.8 Å². The number of hydrogen-bond acceptors (Lipinski definition) is 6. The molecule has 0 spiro atoms. The average Bonchev–Trinajstić information content (AvgIpc) is 3.40. The summed E-state index contributed by atoms with van der Waals surface area (Å²) in [5.74, 6) is 2.80. The molecule has 1 aromatic carbocycles. The van der Waals surface area contributed by atoms with Crippen molar-refractivity contribution in [2.45, 2.75) is 25.8 Å². The standard InChI is InChI=1S/C21H23N5O3/c1-15-12-19(29-18-6-4-17(28-2)5-7-18)24-21(23-15)16-8-11-25(13-16)20(27)14-26-10-3-9-22-26/h3-7,9-10,12,16H,8,11,13-14H2,1-2H3/t16-/m1/s1. The SMILES string of the molecule is COc1ccc(Oc2cc(C)nc([C@@H]3CCN(C(=O)Cn4cccn4)C3)n2)cc1. The van der Waals surface area contributed by atoms with Crippen LogP contribution in [0.4, 0.5) is 0 Å². The summed E-state index contributed by atoms with van der Waals surface area (Å²) in [6.45, 7) is 3.46. The number of hydrogen-bond donors (Lipinski definition) is 0. The average molecular weight is 393 g/mol. The minimum Gasteiger partial charge on any atom is -0.497 e. The van der Waals surface area contributed by atoms with Crippen LogP contribution in [-0.4, -0.2) is 50.8 Å². The number of likely N-dealkylation sites (tertiary alicyclic amines) is 1. The van der Waals surface area contributed by atoms with Gasteiger partial charge in [0, 0.05) is 43.2 Å². The third-order valence-electron chi connectivity index (χ3n) is 4.89. The maximum absolute atomic E-state index is 12.5. The van der Waals surface area contributed by atoms with Gasteiger partial charge in [0.25, 0.3) is 0 Å². The van der Waals surface area contributed by atoms with Crippen molar-refractivity contribution in [2.75, 3.05) is 20.2 Å². The van der Waals surface area contributed by atoms with E-state index in [-0.39, 0.29) is 18.4 Å². The van der Waals surface area contributed by atoms with Gasteiger partial charge in [-0.05, 0) is 43.7 Å². The minimum atomic E-state index is 0.0542. The van der Waals surface area contributed by atoms with Crippen molar-refractivity contribution >= 4 is 5.91 Å². The van der Waals surface area contributed by atoms with Gasteiger partial charge < -0.3 is 14.4 Å². The Hall–Kier alpha value is -3.42. The summed E-state index contributed by atoms with van der Waals surface area (Å²) in [5, 5.41) is 4.10. The molecule has 0 aliphatic carbocycles. The number of rotatable bonds is 6. The maximum atomic E-state index is 12.5. The van der Waals surface area contributed by atoms with Crippen LogP contribution in [0.1, 0.15) is 23.9 Å². The lowest BCUT2D eigenvalue weighted by atomic mass is 10.1. The van der Waals surface area contributed by atoms with Crippen LogP contribution in [0.15, 0.2) is 48.8 Å². The molecular weight excluding hydrogens is 370 g/mol. The summed E-state index contributed by atoms with van der Waals surface area (Å²) < 4.78 is 12.7. The van der Waals surface area contributed by atoms with Crippen molar-refractivity contribution in [1.82, 2.24) is 24.6 Å². The highest BCUT2D eigenvalue weighted by Gasteiger charge is 2.29. The first-order valence-corrected chi connectivity index (χ1v) is 9.53. The minimum absolute atomic E-state index is 0.0542. The molecule has 3 heterocycles. The predicted molar refractivity (Wildman–Crippen MR) is 106 cm³/mol. The van der Waals surface area contributed by atoms with Crippen molar-refractivity contribution < 1.29 is 14.3 Å². The molecule has 8 heteroatoms. The number of aryl methyl sites for hydroxylation is 1. The summed E-state index contributed by atoms with van der Waals surface area (Å²) in [6.07, 6.45) is 4.29. The van der Waals surface area contributed by atoms with E-state index in [1.54, 1.807) is 24.2 Å². The van der Waals surface area contributed by atoms with E-state index in [1.165, 1.54) is 0 Å². The van der Waals surface area contributed by atoms with E-state index in [0.29, 0.717) is 30.5 Å². The van der Waals surface area contributed by atoms with Crippen LogP contribution in [0.25, 0.3) is 0 Å². The van der Waals surface area contributed by atoms with E-state index in [4.69, 9.17) is 9.47 Å². The van der Waals surface area contributed by atoms with E-state index < -0.39 is 0 Å². The Morgan fingerprint density at radius 2 is 2.00 bits per heavy atom. The maximum Gasteiger partial charge on any atom is 0.244 e. The molecule has 0 bridgehead atoms. The molecule has 4 rings (SSSR count).